The zero-order valence-electron chi connectivity index (χ0n) is 7.80. The van der Waals surface area contributed by atoms with Gasteiger partial charge in [0, 0.05) is 10.6 Å². The zero-order valence-corrected chi connectivity index (χ0v) is 10.9. The van der Waals surface area contributed by atoms with E-state index < -0.39 is 5.79 Å². The number of ether oxygens (including phenoxy) is 2. The van der Waals surface area contributed by atoms with Crippen LogP contribution in [0.4, 0.5) is 0 Å². The van der Waals surface area contributed by atoms with Crippen LogP contribution in [0.5, 0.6) is 0 Å². The van der Waals surface area contributed by atoms with Crippen LogP contribution in [0.2, 0.25) is 10.0 Å². The fourth-order valence-electron chi connectivity index (χ4n) is 1.56. The summed E-state index contributed by atoms with van der Waals surface area (Å²) in [6.45, 7) is 1.15. The SMILES string of the molecule is Clc1ccc(C2(CBr)OCCO2)c(Cl)c1. The summed E-state index contributed by atoms with van der Waals surface area (Å²) in [5, 5.41) is 1.71. The maximum Gasteiger partial charge on any atom is 0.206 e. The summed E-state index contributed by atoms with van der Waals surface area (Å²) in [6, 6.07) is 5.30. The van der Waals surface area contributed by atoms with Gasteiger partial charge in [-0.2, -0.15) is 0 Å². The molecule has 0 aromatic heterocycles. The molecule has 1 aliphatic rings. The summed E-state index contributed by atoms with van der Waals surface area (Å²) in [5.74, 6) is -0.762. The number of alkyl halides is 1. The van der Waals surface area contributed by atoms with Crippen molar-refractivity contribution < 1.29 is 9.47 Å². The van der Waals surface area contributed by atoms with Gasteiger partial charge in [-0.25, -0.2) is 0 Å². The summed E-state index contributed by atoms with van der Waals surface area (Å²) < 4.78 is 11.2. The molecule has 2 rings (SSSR count). The van der Waals surface area contributed by atoms with Crippen LogP contribution in [-0.2, 0) is 15.3 Å². The first kappa shape index (κ1) is 11.7. The minimum absolute atomic E-state index is 0.543. The van der Waals surface area contributed by atoms with E-state index in [1.807, 2.05) is 6.07 Å². The van der Waals surface area contributed by atoms with Gasteiger partial charge >= 0.3 is 0 Å². The minimum atomic E-state index is -0.762. The van der Waals surface area contributed by atoms with Crippen molar-refractivity contribution in [1.29, 1.82) is 0 Å². The molecule has 0 saturated carbocycles. The highest BCUT2D eigenvalue weighted by Gasteiger charge is 2.39. The van der Waals surface area contributed by atoms with Gasteiger partial charge in [0.05, 0.1) is 23.6 Å². The van der Waals surface area contributed by atoms with E-state index >= 15 is 0 Å². The largest absolute Gasteiger partial charge is 0.343 e. The van der Waals surface area contributed by atoms with Crippen LogP contribution in [0.1, 0.15) is 5.56 Å². The number of rotatable bonds is 2. The number of hydrogen-bond acceptors (Lipinski definition) is 2. The quantitative estimate of drug-likeness (QED) is 0.777. The van der Waals surface area contributed by atoms with Gasteiger partial charge in [0.15, 0.2) is 0 Å². The van der Waals surface area contributed by atoms with Crippen LogP contribution < -0.4 is 0 Å². The van der Waals surface area contributed by atoms with Gasteiger partial charge in [-0.05, 0) is 12.1 Å². The van der Waals surface area contributed by atoms with E-state index in [0.717, 1.165) is 5.56 Å². The average molecular weight is 312 g/mol. The van der Waals surface area contributed by atoms with Gasteiger partial charge < -0.3 is 9.47 Å². The predicted octanol–water partition coefficient (Wildman–Crippen LogP) is 3.59. The molecule has 0 spiro atoms. The number of hydrogen-bond donors (Lipinski definition) is 0. The van der Waals surface area contributed by atoms with Crippen molar-refractivity contribution in [3.05, 3.63) is 33.8 Å². The van der Waals surface area contributed by atoms with Crippen LogP contribution >= 0.6 is 39.1 Å². The molecule has 0 unspecified atom stereocenters. The Hall–Kier alpha value is 0.200. The number of benzene rings is 1. The molecule has 0 radical (unpaired) electrons. The van der Waals surface area contributed by atoms with Gasteiger partial charge in [-0.15, -0.1) is 0 Å². The molecule has 0 aliphatic carbocycles. The molecular formula is C10H9BrCl2O2. The molecule has 1 aromatic carbocycles. The molecule has 1 saturated heterocycles. The maximum atomic E-state index is 6.11. The molecular weight excluding hydrogens is 303 g/mol. The monoisotopic (exact) mass is 310 g/mol. The lowest BCUT2D eigenvalue weighted by Gasteiger charge is -2.26. The molecule has 0 N–H and O–H groups in total. The highest BCUT2D eigenvalue weighted by Crippen LogP contribution is 2.38. The maximum absolute atomic E-state index is 6.11. The Bertz CT molecular complexity index is 364. The fraction of sp³-hybridized carbons (Fsp3) is 0.400. The smallest absolute Gasteiger partial charge is 0.206 e. The van der Waals surface area contributed by atoms with E-state index in [-0.39, 0.29) is 0 Å². The lowest BCUT2D eigenvalue weighted by atomic mass is 10.1. The van der Waals surface area contributed by atoms with Gasteiger partial charge in [0.2, 0.25) is 5.79 Å². The van der Waals surface area contributed by atoms with Gasteiger partial charge in [-0.3, -0.25) is 0 Å². The lowest BCUT2D eigenvalue weighted by molar-refractivity contribution is -0.144. The molecule has 1 heterocycles. The van der Waals surface area contributed by atoms with Crippen molar-refractivity contribution in [3.8, 4) is 0 Å². The van der Waals surface area contributed by atoms with Crippen LogP contribution in [0, 0.1) is 0 Å². The van der Waals surface area contributed by atoms with Crippen molar-refractivity contribution in [2.45, 2.75) is 5.79 Å². The van der Waals surface area contributed by atoms with Gasteiger partial charge in [0.1, 0.15) is 0 Å². The Morgan fingerprint density at radius 1 is 1.27 bits per heavy atom. The summed E-state index contributed by atoms with van der Waals surface area (Å²) >= 11 is 15.3. The molecule has 5 heteroatoms. The van der Waals surface area contributed by atoms with Crippen LogP contribution in [0.25, 0.3) is 0 Å². The Morgan fingerprint density at radius 3 is 2.47 bits per heavy atom. The van der Waals surface area contributed by atoms with Crippen LogP contribution in [0.3, 0.4) is 0 Å². The first-order chi connectivity index (χ1) is 7.18. The Kier molecular flexibility index (Phi) is 3.58. The molecule has 1 fully saturated rings. The predicted molar refractivity (Wildman–Crippen MR) is 63.8 cm³/mol. The van der Waals surface area contributed by atoms with E-state index in [4.69, 9.17) is 32.7 Å². The van der Waals surface area contributed by atoms with Crippen LogP contribution in [0.15, 0.2) is 18.2 Å². The van der Waals surface area contributed by atoms with E-state index in [9.17, 15) is 0 Å². The third-order valence-corrected chi connectivity index (χ3v) is 3.56. The van der Waals surface area contributed by atoms with Crippen molar-refractivity contribution in [1.82, 2.24) is 0 Å². The van der Waals surface area contributed by atoms with E-state index in [1.54, 1.807) is 12.1 Å². The second-order valence-corrected chi connectivity index (χ2v) is 4.61. The summed E-state index contributed by atoms with van der Waals surface area (Å²) in [5.41, 5.74) is 0.808. The average Bonchev–Trinajstić information content (AvgIpc) is 2.67. The first-order valence-corrected chi connectivity index (χ1v) is 6.35. The number of halogens is 3. The minimum Gasteiger partial charge on any atom is -0.343 e. The highest BCUT2D eigenvalue weighted by atomic mass is 79.9. The van der Waals surface area contributed by atoms with E-state index in [0.29, 0.717) is 28.6 Å². The lowest BCUT2D eigenvalue weighted by Crippen LogP contribution is -2.29. The summed E-state index contributed by atoms with van der Waals surface area (Å²) in [4.78, 5) is 0. The van der Waals surface area contributed by atoms with E-state index in [1.165, 1.54) is 0 Å². The second kappa shape index (κ2) is 4.60. The van der Waals surface area contributed by atoms with Gasteiger partial charge in [-0.1, -0.05) is 45.2 Å². The second-order valence-electron chi connectivity index (χ2n) is 3.21. The highest BCUT2D eigenvalue weighted by molar-refractivity contribution is 9.09. The molecule has 82 valence electrons. The molecule has 0 atom stereocenters. The first-order valence-electron chi connectivity index (χ1n) is 4.47. The summed E-state index contributed by atoms with van der Waals surface area (Å²) in [6.07, 6.45) is 0. The van der Waals surface area contributed by atoms with Crippen molar-refractivity contribution in [2.75, 3.05) is 18.5 Å². The van der Waals surface area contributed by atoms with Crippen molar-refractivity contribution >= 4 is 39.1 Å². The third-order valence-electron chi connectivity index (χ3n) is 2.27. The van der Waals surface area contributed by atoms with E-state index in [2.05, 4.69) is 15.9 Å². The molecule has 1 aliphatic heterocycles. The third kappa shape index (κ3) is 2.17. The Balaban J connectivity index is 2.42. The normalized spacial score (nSPS) is 19.4. The topological polar surface area (TPSA) is 18.5 Å². The molecule has 2 nitrogen and oxygen atoms in total. The Morgan fingerprint density at radius 2 is 1.93 bits per heavy atom. The molecule has 15 heavy (non-hydrogen) atoms. The van der Waals surface area contributed by atoms with Crippen LogP contribution in [-0.4, -0.2) is 18.5 Å². The molecule has 0 amide bonds. The van der Waals surface area contributed by atoms with Gasteiger partial charge in [0.25, 0.3) is 0 Å². The zero-order chi connectivity index (χ0) is 10.9. The van der Waals surface area contributed by atoms with Crippen molar-refractivity contribution in [2.24, 2.45) is 0 Å². The Labute approximate surface area is 107 Å². The van der Waals surface area contributed by atoms with Crippen molar-refractivity contribution in [3.63, 3.8) is 0 Å². The standard InChI is InChI=1S/C10H9BrCl2O2/c11-6-10(14-3-4-15-10)8-2-1-7(12)5-9(8)13/h1-2,5H,3-4,6H2. The molecule has 1 aromatic rings. The summed E-state index contributed by atoms with van der Waals surface area (Å²) in [7, 11) is 0. The molecule has 0 bridgehead atoms. The fourth-order valence-corrected chi connectivity index (χ4v) is 2.74.